The first-order chi connectivity index (χ1) is 13.8. The molecule has 0 aliphatic heterocycles. The quantitative estimate of drug-likeness (QED) is 0.544. The number of rotatable bonds is 8. The van der Waals surface area contributed by atoms with Crippen LogP contribution in [0.1, 0.15) is 36.7 Å². The maximum absolute atomic E-state index is 12.2. The molecule has 0 radical (unpaired) electrons. The van der Waals surface area contributed by atoms with Gasteiger partial charge in [-0.25, -0.2) is 4.79 Å². The van der Waals surface area contributed by atoms with E-state index < -0.39 is 18.7 Å². The molecule has 0 saturated carbocycles. The molecule has 2 rings (SSSR count). The van der Waals surface area contributed by atoms with E-state index in [0.29, 0.717) is 22.6 Å². The summed E-state index contributed by atoms with van der Waals surface area (Å²) in [7, 11) is 0. The highest BCUT2D eigenvalue weighted by Gasteiger charge is 2.18. The topological polar surface area (TPSA) is 105 Å². The second-order valence-electron chi connectivity index (χ2n) is 6.65. The molecule has 0 bridgehead atoms. The van der Waals surface area contributed by atoms with Gasteiger partial charge >= 0.3 is 5.97 Å². The lowest BCUT2D eigenvalue weighted by atomic mass is 10.1. The van der Waals surface area contributed by atoms with Crippen LogP contribution < -0.4 is 10.1 Å². The number of nitrogens with zero attached hydrogens (tertiary/aromatic N) is 1. The number of nitrogens with one attached hydrogen (secondary N) is 1. The largest absolute Gasteiger partial charge is 0.479 e. The lowest BCUT2D eigenvalue weighted by Gasteiger charge is -2.14. The number of benzene rings is 2. The summed E-state index contributed by atoms with van der Waals surface area (Å²) in [4.78, 5) is 35.9. The molecule has 0 aromatic heterocycles. The van der Waals surface area contributed by atoms with Gasteiger partial charge in [-0.2, -0.15) is 5.26 Å². The molecule has 7 nitrogen and oxygen atoms in total. The molecule has 0 unspecified atom stereocenters. The molecule has 29 heavy (non-hydrogen) atoms. The van der Waals surface area contributed by atoms with E-state index in [1.807, 2.05) is 6.07 Å². The molecule has 1 amide bonds. The molecule has 0 saturated heterocycles. The fourth-order valence-corrected chi connectivity index (χ4v) is 2.22. The van der Waals surface area contributed by atoms with Crippen LogP contribution in [-0.2, 0) is 14.3 Å². The van der Waals surface area contributed by atoms with Crippen molar-refractivity contribution in [1.29, 1.82) is 5.26 Å². The number of anilines is 1. The Morgan fingerprint density at radius 1 is 1.00 bits per heavy atom. The normalized spacial score (nSPS) is 11.3. The third kappa shape index (κ3) is 6.47. The van der Waals surface area contributed by atoms with Gasteiger partial charge in [-0.1, -0.05) is 13.8 Å². The number of nitriles is 1. The Kier molecular flexibility index (Phi) is 7.49. The fraction of sp³-hybridized carbons (Fsp3) is 0.273. The minimum atomic E-state index is -0.913. The summed E-state index contributed by atoms with van der Waals surface area (Å²) in [6.45, 7) is 4.66. The zero-order valence-corrected chi connectivity index (χ0v) is 16.5. The lowest BCUT2D eigenvalue weighted by Crippen LogP contribution is -2.28. The first-order valence-corrected chi connectivity index (χ1v) is 9.07. The van der Waals surface area contributed by atoms with Crippen molar-refractivity contribution in [1.82, 2.24) is 0 Å². The van der Waals surface area contributed by atoms with E-state index in [-0.39, 0.29) is 17.6 Å². The highest BCUT2D eigenvalue weighted by Crippen LogP contribution is 2.15. The number of ether oxygens (including phenoxy) is 2. The van der Waals surface area contributed by atoms with Gasteiger partial charge in [0.05, 0.1) is 11.6 Å². The zero-order chi connectivity index (χ0) is 21.4. The van der Waals surface area contributed by atoms with Crippen LogP contribution in [-0.4, -0.2) is 30.4 Å². The Labute approximate surface area is 169 Å². The third-order valence-corrected chi connectivity index (χ3v) is 3.97. The molecule has 2 aromatic carbocycles. The van der Waals surface area contributed by atoms with Gasteiger partial charge < -0.3 is 14.8 Å². The molecule has 0 aliphatic carbocycles. The molecule has 0 heterocycles. The minimum absolute atomic E-state index is 0.116. The van der Waals surface area contributed by atoms with Crippen molar-refractivity contribution in [3.8, 4) is 11.8 Å². The van der Waals surface area contributed by atoms with Crippen LogP contribution in [0.15, 0.2) is 48.5 Å². The highest BCUT2D eigenvalue weighted by molar-refractivity contribution is 5.99. The van der Waals surface area contributed by atoms with Gasteiger partial charge in [0.15, 0.2) is 18.5 Å². The molecule has 0 fully saturated rings. The number of hydrogen-bond acceptors (Lipinski definition) is 6. The molecular formula is C22H22N2O5. The van der Waals surface area contributed by atoms with E-state index in [1.54, 1.807) is 62.4 Å². The number of carbonyl (C=O) groups excluding carboxylic acids is 3. The standard InChI is InChI=1S/C22H22N2O5/c1-14(2)21(26)24-18-8-6-17(7-9-18)20(25)13-28-22(27)15(3)29-19-10-4-16(12-23)5-11-19/h4-11,14-15H,13H2,1-3H3,(H,24,26)/t15-/m1/s1. The number of Topliss-reactive ketones (excluding diaryl/α,β-unsaturated/α-hetero) is 1. The van der Waals surface area contributed by atoms with Crippen molar-refractivity contribution in [2.75, 3.05) is 11.9 Å². The molecule has 1 atom stereocenters. The van der Waals surface area contributed by atoms with Gasteiger partial charge in [-0.05, 0) is 55.5 Å². The maximum Gasteiger partial charge on any atom is 0.347 e. The summed E-state index contributed by atoms with van der Waals surface area (Å²) in [5, 5.41) is 11.5. The van der Waals surface area contributed by atoms with Crippen LogP contribution in [0.2, 0.25) is 0 Å². The van der Waals surface area contributed by atoms with Crippen molar-refractivity contribution in [3.63, 3.8) is 0 Å². The van der Waals surface area contributed by atoms with E-state index >= 15 is 0 Å². The minimum Gasteiger partial charge on any atom is -0.479 e. The van der Waals surface area contributed by atoms with Crippen molar-refractivity contribution >= 4 is 23.3 Å². The Morgan fingerprint density at radius 2 is 1.62 bits per heavy atom. The second kappa shape index (κ2) is 10.0. The van der Waals surface area contributed by atoms with Gasteiger partial charge in [-0.15, -0.1) is 0 Å². The van der Waals surface area contributed by atoms with Crippen molar-refractivity contribution in [2.24, 2.45) is 5.92 Å². The predicted octanol–water partition coefficient (Wildman–Crippen LogP) is 3.35. The Hall–Kier alpha value is -3.66. The fourth-order valence-electron chi connectivity index (χ4n) is 2.22. The molecule has 1 N–H and O–H groups in total. The number of esters is 1. The number of carbonyl (C=O) groups is 3. The highest BCUT2D eigenvalue weighted by atomic mass is 16.6. The average molecular weight is 394 g/mol. The van der Waals surface area contributed by atoms with Crippen LogP contribution in [0.3, 0.4) is 0 Å². The monoisotopic (exact) mass is 394 g/mol. The first kappa shape index (κ1) is 21.6. The van der Waals surface area contributed by atoms with Crippen molar-refractivity contribution in [3.05, 3.63) is 59.7 Å². The summed E-state index contributed by atoms with van der Waals surface area (Å²) < 4.78 is 10.5. The van der Waals surface area contributed by atoms with E-state index in [0.717, 1.165) is 0 Å². The first-order valence-electron chi connectivity index (χ1n) is 9.07. The summed E-state index contributed by atoms with van der Waals surface area (Å²) in [6.07, 6.45) is -0.913. The molecule has 2 aromatic rings. The SMILES string of the molecule is CC(C)C(=O)Nc1ccc(C(=O)COC(=O)[C@@H](C)Oc2ccc(C#N)cc2)cc1. The van der Waals surface area contributed by atoms with Gasteiger partial charge in [0.25, 0.3) is 0 Å². The molecule has 0 spiro atoms. The van der Waals surface area contributed by atoms with Gasteiger partial charge in [0, 0.05) is 17.2 Å². The van der Waals surface area contributed by atoms with Gasteiger partial charge in [0.1, 0.15) is 5.75 Å². The average Bonchev–Trinajstić information content (AvgIpc) is 2.72. The van der Waals surface area contributed by atoms with Crippen LogP contribution >= 0.6 is 0 Å². The Balaban J connectivity index is 1.84. The van der Waals surface area contributed by atoms with Crippen LogP contribution in [0.5, 0.6) is 5.75 Å². The van der Waals surface area contributed by atoms with E-state index in [1.165, 1.54) is 6.92 Å². The summed E-state index contributed by atoms with van der Waals surface area (Å²) in [6, 6.07) is 14.6. The molecule has 7 heteroatoms. The second-order valence-corrected chi connectivity index (χ2v) is 6.65. The Morgan fingerprint density at radius 3 is 2.17 bits per heavy atom. The molecule has 0 aliphatic rings. The molecule has 150 valence electrons. The van der Waals surface area contributed by atoms with E-state index in [4.69, 9.17) is 14.7 Å². The molecular weight excluding hydrogens is 372 g/mol. The number of amides is 1. The summed E-state index contributed by atoms with van der Waals surface area (Å²) in [5.74, 6) is -0.897. The summed E-state index contributed by atoms with van der Waals surface area (Å²) in [5.41, 5.74) is 1.43. The zero-order valence-electron chi connectivity index (χ0n) is 16.5. The third-order valence-electron chi connectivity index (χ3n) is 3.97. The smallest absolute Gasteiger partial charge is 0.347 e. The maximum atomic E-state index is 12.2. The van der Waals surface area contributed by atoms with E-state index in [9.17, 15) is 14.4 Å². The lowest BCUT2D eigenvalue weighted by molar-refractivity contribution is -0.149. The van der Waals surface area contributed by atoms with E-state index in [2.05, 4.69) is 5.32 Å². The van der Waals surface area contributed by atoms with Crippen molar-refractivity contribution < 1.29 is 23.9 Å². The van der Waals surface area contributed by atoms with Gasteiger partial charge in [0.2, 0.25) is 5.91 Å². The predicted molar refractivity (Wildman–Crippen MR) is 106 cm³/mol. The Bertz CT molecular complexity index is 912. The van der Waals surface area contributed by atoms with Gasteiger partial charge in [-0.3, -0.25) is 9.59 Å². The summed E-state index contributed by atoms with van der Waals surface area (Å²) >= 11 is 0. The van der Waals surface area contributed by atoms with Crippen LogP contribution in [0.4, 0.5) is 5.69 Å². The number of ketones is 1. The van der Waals surface area contributed by atoms with Crippen LogP contribution in [0, 0.1) is 17.2 Å². The van der Waals surface area contributed by atoms with Crippen molar-refractivity contribution in [2.45, 2.75) is 26.9 Å². The number of hydrogen-bond donors (Lipinski definition) is 1. The van der Waals surface area contributed by atoms with Crippen LogP contribution in [0.25, 0.3) is 0 Å².